The first kappa shape index (κ1) is 29.5. The van der Waals surface area contributed by atoms with E-state index >= 15 is 0 Å². The van der Waals surface area contributed by atoms with E-state index in [1.807, 2.05) is 6.07 Å². The van der Waals surface area contributed by atoms with E-state index < -0.39 is 0 Å². The summed E-state index contributed by atoms with van der Waals surface area (Å²) < 4.78 is 18.4. The van der Waals surface area contributed by atoms with E-state index in [2.05, 4.69) is 160 Å². The summed E-state index contributed by atoms with van der Waals surface area (Å²) in [5.41, 5.74) is 14.4. The number of aryl methyl sites for hydroxylation is 2. The summed E-state index contributed by atoms with van der Waals surface area (Å²) in [5, 5.41) is 4.60. The Morgan fingerprint density at radius 3 is 2.14 bits per heavy atom. The van der Waals surface area contributed by atoms with Crippen molar-refractivity contribution in [3.05, 3.63) is 132 Å². The summed E-state index contributed by atoms with van der Waals surface area (Å²) in [6.07, 6.45) is 0. The van der Waals surface area contributed by atoms with E-state index in [0.29, 0.717) is 0 Å². The molecular formula is C45H39N2O2+. The lowest BCUT2D eigenvalue weighted by Crippen LogP contribution is -2.30. The van der Waals surface area contributed by atoms with Gasteiger partial charge in [-0.25, -0.2) is 4.57 Å². The summed E-state index contributed by atoms with van der Waals surface area (Å²) in [6, 6.07) is 41.1. The van der Waals surface area contributed by atoms with Crippen molar-refractivity contribution in [1.29, 1.82) is 0 Å². The van der Waals surface area contributed by atoms with Gasteiger partial charge in [0, 0.05) is 32.7 Å². The highest BCUT2D eigenvalue weighted by Crippen LogP contribution is 2.46. The molecule has 9 rings (SSSR count). The van der Waals surface area contributed by atoms with E-state index in [1.165, 1.54) is 38.8 Å². The van der Waals surface area contributed by atoms with Gasteiger partial charge in [-0.2, -0.15) is 4.57 Å². The molecule has 9 aromatic rings. The number of furan rings is 2. The molecule has 0 radical (unpaired) electrons. The van der Waals surface area contributed by atoms with Crippen LogP contribution in [0.15, 0.2) is 124 Å². The first-order valence-corrected chi connectivity index (χ1v) is 17.3. The van der Waals surface area contributed by atoms with Gasteiger partial charge < -0.3 is 8.83 Å². The highest BCUT2D eigenvalue weighted by Gasteiger charge is 2.35. The third kappa shape index (κ3) is 4.33. The lowest BCUT2D eigenvalue weighted by Gasteiger charge is -2.20. The zero-order valence-corrected chi connectivity index (χ0v) is 28.8. The molecule has 0 bridgehead atoms. The van der Waals surface area contributed by atoms with Crippen molar-refractivity contribution in [2.45, 2.75) is 46.5 Å². The SMILES string of the molecule is Cc1ccc2c(oc3ccccc32)c1-c1n(-c2c(C(C)C)cc3oc4cc(-c5ccccc5)ccc4c3c2C(C)C)c2ccccc2[n+]1C. The molecule has 0 aliphatic rings. The smallest absolute Gasteiger partial charge is 0.299 e. The average Bonchev–Trinajstić information content (AvgIpc) is 3.76. The molecule has 0 amide bonds. The normalized spacial score (nSPS) is 12.2. The molecule has 3 aromatic heterocycles. The lowest BCUT2D eigenvalue weighted by molar-refractivity contribution is -0.633. The van der Waals surface area contributed by atoms with Gasteiger partial charge >= 0.3 is 0 Å². The first-order valence-electron chi connectivity index (χ1n) is 17.3. The number of nitrogens with zero attached hydrogens (tertiary/aromatic N) is 2. The van der Waals surface area contributed by atoms with Gasteiger partial charge in [0.1, 0.15) is 28.0 Å². The number of imidazole rings is 1. The van der Waals surface area contributed by atoms with E-state index in [-0.39, 0.29) is 11.8 Å². The standard InChI is InChI=1S/C45H39N2O2/c1-26(2)34-25-39-42(33-23-21-30(24-38(33)48-39)29-14-8-7-9-15-29)40(27(3)4)43(34)47-36-18-12-11-17-35(36)46(6)45(47)41-28(5)20-22-32-31-16-10-13-19-37(31)49-44(32)41/h7-27H,1-6H3/q+1. The van der Waals surface area contributed by atoms with Crippen molar-refractivity contribution in [2.24, 2.45) is 7.05 Å². The van der Waals surface area contributed by atoms with Gasteiger partial charge in [-0.05, 0) is 71.8 Å². The largest absolute Gasteiger partial charge is 0.456 e. The van der Waals surface area contributed by atoms with Crippen molar-refractivity contribution in [1.82, 2.24) is 4.57 Å². The molecule has 4 heteroatoms. The minimum absolute atomic E-state index is 0.216. The zero-order chi connectivity index (χ0) is 33.6. The van der Waals surface area contributed by atoms with Gasteiger partial charge in [0.05, 0.1) is 7.05 Å². The van der Waals surface area contributed by atoms with Gasteiger partial charge in [-0.1, -0.05) is 107 Å². The molecule has 0 aliphatic carbocycles. The van der Waals surface area contributed by atoms with Crippen molar-refractivity contribution in [3.63, 3.8) is 0 Å². The van der Waals surface area contributed by atoms with Crippen molar-refractivity contribution < 1.29 is 13.4 Å². The number of para-hydroxylation sites is 3. The third-order valence-electron chi connectivity index (χ3n) is 10.3. The number of fused-ring (bicyclic) bond motifs is 7. The molecule has 49 heavy (non-hydrogen) atoms. The molecule has 0 atom stereocenters. The van der Waals surface area contributed by atoms with E-state index in [4.69, 9.17) is 8.83 Å². The molecule has 6 aromatic carbocycles. The van der Waals surface area contributed by atoms with Gasteiger partial charge in [0.25, 0.3) is 5.82 Å². The Bertz CT molecular complexity index is 2740. The fraction of sp³-hybridized carbons (Fsp3) is 0.178. The van der Waals surface area contributed by atoms with Crippen LogP contribution in [-0.4, -0.2) is 4.57 Å². The topological polar surface area (TPSA) is 35.1 Å². The predicted octanol–water partition coefficient (Wildman–Crippen LogP) is 12.1. The molecule has 0 N–H and O–H groups in total. The number of hydrogen-bond donors (Lipinski definition) is 0. The van der Waals surface area contributed by atoms with Crippen molar-refractivity contribution in [2.75, 3.05) is 0 Å². The van der Waals surface area contributed by atoms with E-state index in [0.717, 1.165) is 61.0 Å². The fourth-order valence-corrected chi connectivity index (χ4v) is 8.03. The lowest BCUT2D eigenvalue weighted by atomic mass is 9.88. The highest BCUT2D eigenvalue weighted by molar-refractivity contribution is 6.11. The minimum atomic E-state index is 0.216. The average molecular weight is 640 g/mol. The summed E-state index contributed by atoms with van der Waals surface area (Å²) in [5.74, 6) is 1.56. The molecule has 0 spiro atoms. The van der Waals surface area contributed by atoms with Crippen LogP contribution in [0.2, 0.25) is 0 Å². The summed E-state index contributed by atoms with van der Waals surface area (Å²) >= 11 is 0. The Hall–Kier alpha value is -5.61. The second kappa shape index (κ2) is 11.0. The van der Waals surface area contributed by atoms with Crippen LogP contribution in [0.25, 0.3) is 83.1 Å². The van der Waals surface area contributed by atoms with Gasteiger partial charge in [0.2, 0.25) is 0 Å². The zero-order valence-electron chi connectivity index (χ0n) is 28.8. The van der Waals surface area contributed by atoms with Crippen LogP contribution >= 0.6 is 0 Å². The minimum Gasteiger partial charge on any atom is -0.456 e. The number of hydrogen-bond acceptors (Lipinski definition) is 2. The molecule has 0 unspecified atom stereocenters. The Balaban J connectivity index is 1.44. The first-order chi connectivity index (χ1) is 23.8. The molecule has 0 aliphatic heterocycles. The summed E-state index contributed by atoms with van der Waals surface area (Å²) in [4.78, 5) is 0. The Kier molecular flexibility index (Phi) is 6.61. The maximum atomic E-state index is 6.78. The second-order valence-electron chi connectivity index (χ2n) is 14.0. The van der Waals surface area contributed by atoms with Crippen molar-refractivity contribution in [3.8, 4) is 28.2 Å². The number of rotatable bonds is 5. The maximum absolute atomic E-state index is 6.78. The monoisotopic (exact) mass is 639 g/mol. The second-order valence-corrected chi connectivity index (χ2v) is 14.0. The molecule has 0 fully saturated rings. The summed E-state index contributed by atoms with van der Waals surface area (Å²) in [6.45, 7) is 11.4. The molecule has 4 nitrogen and oxygen atoms in total. The quantitative estimate of drug-likeness (QED) is 0.176. The highest BCUT2D eigenvalue weighted by atomic mass is 16.3. The third-order valence-corrected chi connectivity index (χ3v) is 10.3. The Morgan fingerprint density at radius 2 is 1.35 bits per heavy atom. The van der Waals surface area contributed by atoms with Gasteiger partial charge in [-0.3, -0.25) is 0 Å². The Labute approximate surface area is 285 Å². The van der Waals surface area contributed by atoms with Crippen LogP contribution in [-0.2, 0) is 7.05 Å². The molecular weight excluding hydrogens is 601 g/mol. The van der Waals surface area contributed by atoms with Crippen LogP contribution in [0.5, 0.6) is 0 Å². The molecule has 3 heterocycles. The predicted molar refractivity (Wildman–Crippen MR) is 203 cm³/mol. The summed E-state index contributed by atoms with van der Waals surface area (Å²) in [7, 11) is 2.19. The van der Waals surface area contributed by atoms with Crippen LogP contribution in [0.3, 0.4) is 0 Å². The van der Waals surface area contributed by atoms with E-state index in [1.54, 1.807) is 0 Å². The molecule has 0 saturated carbocycles. The Morgan fingerprint density at radius 1 is 0.612 bits per heavy atom. The van der Waals surface area contributed by atoms with Crippen LogP contribution in [0, 0.1) is 6.92 Å². The van der Waals surface area contributed by atoms with E-state index in [9.17, 15) is 0 Å². The number of aromatic nitrogens is 2. The van der Waals surface area contributed by atoms with Crippen molar-refractivity contribution >= 4 is 54.9 Å². The van der Waals surface area contributed by atoms with Crippen LogP contribution in [0.4, 0.5) is 0 Å². The van der Waals surface area contributed by atoms with Crippen LogP contribution in [0.1, 0.15) is 56.2 Å². The molecule has 0 saturated heterocycles. The van der Waals surface area contributed by atoms with Gasteiger partial charge in [0.15, 0.2) is 16.6 Å². The van der Waals surface area contributed by atoms with Crippen LogP contribution < -0.4 is 4.57 Å². The van der Waals surface area contributed by atoms with Gasteiger partial charge in [-0.15, -0.1) is 0 Å². The maximum Gasteiger partial charge on any atom is 0.299 e. The molecule has 240 valence electrons. The number of benzene rings is 6. The fourth-order valence-electron chi connectivity index (χ4n) is 8.03.